The van der Waals surface area contributed by atoms with Crippen molar-refractivity contribution in [1.29, 1.82) is 0 Å². The molecule has 0 aromatic rings. The molecule has 0 aliphatic heterocycles. The van der Waals surface area contributed by atoms with Gasteiger partial charge in [0.15, 0.2) is 0 Å². The predicted octanol–water partition coefficient (Wildman–Crippen LogP) is -2.55. The Morgan fingerprint density at radius 2 is 1.00 bits per heavy atom. The van der Waals surface area contributed by atoms with Crippen molar-refractivity contribution in [3.05, 3.63) is 0 Å². The van der Waals surface area contributed by atoms with Crippen LogP contribution in [0.1, 0.15) is 0 Å². The van der Waals surface area contributed by atoms with Crippen LogP contribution in [0, 0.1) is 0 Å². The van der Waals surface area contributed by atoms with Gasteiger partial charge in [-0.3, -0.25) is 0 Å². The summed E-state index contributed by atoms with van der Waals surface area (Å²) in [5.74, 6) is 0. The molecule has 40 valence electrons. The Bertz CT molecular complexity index is 7.51. The van der Waals surface area contributed by atoms with Gasteiger partial charge in [-0.1, -0.05) is 0 Å². The van der Waals surface area contributed by atoms with Gasteiger partial charge in [0.1, 0.15) is 0 Å². The van der Waals surface area contributed by atoms with Crippen LogP contribution in [0.3, 0.4) is 0 Å². The molecule has 4 nitrogen and oxygen atoms in total. The van der Waals surface area contributed by atoms with Crippen LogP contribution in [-0.4, -0.2) is 62.0 Å². The molecule has 6 heteroatoms. The molecule has 0 heterocycles. The van der Waals surface area contributed by atoms with Gasteiger partial charge in [0, 0.05) is 0 Å². The zero-order valence-corrected chi connectivity index (χ0v) is 8.98. The van der Waals surface area contributed by atoms with Gasteiger partial charge in [-0.05, 0) is 0 Å². The first-order valence-electron chi connectivity index (χ1n) is 0.500. The third-order valence-electron chi connectivity index (χ3n) is 0.0278. The Balaban J connectivity index is -0.0000000450. The second-order valence-electron chi connectivity index (χ2n) is 0.136. The van der Waals surface area contributed by atoms with Crippen LogP contribution in [0.15, 0.2) is 0 Å². The maximum absolute atomic E-state index is 4.16. The van der Waals surface area contributed by atoms with Crippen LogP contribution >= 0.6 is 0 Å². The molecule has 2 radical (unpaired) electrons. The molecule has 0 saturated heterocycles. The first-order chi connectivity index (χ1) is 1.91. The standard InChI is InChI=1S/O2.2H2O.2Po/c1-2;;;;/h;2*1H2;;/q-2;;;2*+1. The zero-order chi connectivity index (χ0) is 3.41. The summed E-state index contributed by atoms with van der Waals surface area (Å²) < 4.78 is 8.32. The molecule has 0 aliphatic carbocycles. The third kappa shape index (κ3) is 17.4. The molecule has 0 atom stereocenters. The predicted molar refractivity (Wildman–Crippen MR) is 20.9 cm³/mol. The normalized spacial score (nSPS) is 5.00. The second kappa shape index (κ2) is 15.9. The Labute approximate surface area is 67.3 Å². The van der Waals surface area contributed by atoms with Gasteiger partial charge in [-0.25, -0.2) is 0 Å². The molecule has 0 aliphatic rings. The van der Waals surface area contributed by atoms with Crippen molar-refractivity contribution in [2.45, 2.75) is 0 Å². The Morgan fingerprint density at radius 1 is 0.833 bits per heavy atom. The number of rotatable bonds is 1. The molecule has 0 amide bonds. The van der Waals surface area contributed by atoms with Gasteiger partial charge < -0.3 is 11.0 Å². The molecule has 0 unspecified atom stereocenters. The quantitative estimate of drug-likeness (QED) is 0.303. The van der Waals surface area contributed by atoms with E-state index in [1.807, 2.05) is 0 Å². The fraction of sp³-hybridized carbons (Fsp3) is 0. The van der Waals surface area contributed by atoms with E-state index in [4.69, 9.17) is 0 Å². The van der Waals surface area contributed by atoms with Gasteiger partial charge >= 0.3 is 56.9 Å². The molecule has 6 heavy (non-hydrogen) atoms. The molecule has 0 aromatic carbocycles. The van der Waals surface area contributed by atoms with Crippen molar-refractivity contribution in [1.82, 2.24) is 0 Å². The summed E-state index contributed by atoms with van der Waals surface area (Å²) in [6.07, 6.45) is 0. The van der Waals surface area contributed by atoms with E-state index in [1.165, 1.54) is 0 Å². The molecule has 0 bridgehead atoms. The van der Waals surface area contributed by atoms with E-state index in [1.54, 1.807) is 0 Å². The van der Waals surface area contributed by atoms with E-state index in [0.29, 0.717) is 0 Å². The fourth-order valence-corrected chi connectivity index (χ4v) is 0. The van der Waals surface area contributed by atoms with E-state index >= 15 is 0 Å². The fourth-order valence-electron chi connectivity index (χ4n) is 0. The van der Waals surface area contributed by atoms with Gasteiger partial charge in [-0.2, -0.15) is 0 Å². The van der Waals surface area contributed by atoms with Crippen LogP contribution in [-0.2, 0) is 5.84 Å². The molecule has 4 N–H and O–H groups in total. The van der Waals surface area contributed by atoms with E-state index in [9.17, 15) is 0 Å². The summed E-state index contributed by atoms with van der Waals surface area (Å²) in [7, 11) is 0. The molecular weight excluding hydrogens is 482 g/mol. The molecule has 0 saturated carbocycles. The maximum atomic E-state index is 4.16. The summed E-state index contributed by atoms with van der Waals surface area (Å²) >= 11 is 2.01. The molecule has 0 fully saturated rings. The molecule has 0 rings (SSSR count). The van der Waals surface area contributed by atoms with Gasteiger partial charge in [0.05, 0.1) is 0 Å². The monoisotopic (exact) mass is 486 g/mol. The van der Waals surface area contributed by atoms with E-state index < -0.39 is 0 Å². The van der Waals surface area contributed by atoms with Gasteiger partial charge in [0.2, 0.25) is 0 Å². The van der Waals surface area contributed by atoms with Crippen LogP contribution in [0.5, 0.6) is 0 Å². The van der Waals surface area contributed by atoms with Crippen molar-refractivity contribution in [3.8, 4) is 0 Å². The van der Waals surface area contributed by atoms with Crippen molar-refractivity contribution in [2.75, 3.05) is 0 Å². The van der Waals surface area contributed by atoms with Crippen LogP contribution in [0.2, 0.25) is 0 Å². The topological polar surface area (TPSA) is 81.5 Å². The van der Waals surface area contributed by atoms with Crippen molar-refractivity contribution in [2.24, 2.45) is 0 Å². The van der Waals surface area contributed by atoms with Gasteiger partial charge in [0.25, 0.3) is 0 Å². The van der Waals surface area contributed by atoms with Crippen LogP contribution in [0.4, 0.5) is 0 Å². The Kier molecular flexibility index (Phi) is 41.6. The zero-order valence-electron chi connectivity index (χ0n) is 2.63. The summed E-state index contributed by atoms with van der Waals surface area (Å²) in [6, 6.07) is 0. The first kappa shape index (κ1) is 15.6. The third-order valence-corrected chi connectivity index (χ3v) is 2.14. The van der Waals surface area contributed by atoms with Crippen molar-refractivity contribution in [3.63, 3.8) is 0 Å². The average molecular weight is 486 g/mol. The second-order valence-corrected chi connectivity index (χ2v) is 1.19. The Hall–Kier alpha value is 1.63. The number of hydrogen-bond acceptors (Lipinski definition) is 2. The van der Waals surface area contributed by atoms with Crippen LogP contribution < -0.4 is 0 Å². The molecule has 0 aromatic heterocycles. The summed E-state index contributed by atoms with van der Waals surface area (Å²) in [5.41, 5.74) is 0. The summed E-state index contributed by atoms with van der Waals surface area (Å²) in [5, 5.41) is 0. The van der Waals surface area contributed by atoms with Crippen molar-refractivity contribution < 1.29 is 16.8 Å². The first-order valence-corrected chi connectivity index (χ1v) is 3.09. The van der Waals surface area contributed by atoms with Crippen molar-refractivity contribution >= 4 is 51.0 Å². The SMILES string of the molecule is O.O.[Po][O][O][Po]. The minimum atomic E-state index is 0. The van der Waals surface area contributed by atoms with E-state index in [0.717, 1.165) is 51.0 Å². The number of hydrogen-bond donors (Lipinski definition) is 0. The molecule has 0 spiro atoms. The average Bonchev–Trinajstić information content (AvgIpc) is 1.37. The van der Waals surface area contributed by atoms with Gasteiger partial charge in [-0.15, -0.1) is 0 Å². The molecular formula is H4O4Po2. The summed E-state index contributed by atoms with van der Waals surface area (Å²) in [6.45, 7) is 0. The summed E-state index contributed by atoms with van der Waals surface area (Å²) in [4.78, 5) is 0. The van der Waals surface area contributed by atoms with Crippen LogP contribution in [0.25, 0.3) is 0 Å². The minimum absolute atomic E-state index is 0. The Morgan fingerprint density at radius 3 is 1.00 bits per heavy atom. The van der Waals surface area contributed by atoms with E-state index in [2.05, 4.69) is 5.84 Å². The van der Waals surface area contributed by atoms with E-state index in [-0.39, 0.29) is 11.0 Å².